The highest BCUT2D eigenvalue weighted by atomic mass is 32.2. The fraction of sp³-hybridized carbons (Fsp3) is 0.235. The van der Waals surface area contributed by atoms with E-state index in [0.717, 1.165) is 5.69 Å². The van der Waals surface area contributed by atoms with Crippen molar-refractivity contribution in [2.24, 2.45) is 0 Å². The molecule has 0 unspecified atom stereocenters. The van der Waals surface area contributed by atoms with E-state index in [-0.39, 0.29) is 17.2 Å². The monoisotopic (exact) mass is 371 g/mol. The number of likely N-dealkylation sites (N-methyl/N-ethyl adjacent to an activating group) is 1. The number of rotatable bonds is 4. The van der Waals surface area contributed by atoms with Crippen LogP contribution >= 0.6 is 0 Å². The number of aromatic nitrogens is 3. The Hall–Kier alpha value is -2.94. The van der Waals surface area contributed by atoms with Gasteiger partial charge in [-0.2, -0.15) is 5.10 Å². The van der Waals surface area contributed by atoms with Crippen molar-refractivity contribution in [2.45, 2.75) is 24.7 Å². The number of fused-ring (bicyclic) bond motifs is 2. The number of hydrogen-bond donors (Lipinski definition) is 1. The van der Waals surface area contributed by atoms with E-state index < -0.39 is 10.0 Å². The zero-order valence-electron chi connectivity index (χ0n) is 14.3. The van der Waals surface area contributed by atoms with Gasteiger partial charge in [0, 0.05) is 25.4 Å². The molecule has 1 aliphatic heterocycles. The van der Waals surface area contributed by atoms with Crippen LogP contribution in [-0.2, 0) is 27.7 Å². The van der Waals surface area contributed by atoms with Crippen LogP contribution in [0.25, 0.3) is 5.65 Å². The third-order valence-corrected chi connectivity index (χ3v) is 5.77. The van der Waals surface area contributed by atoms with Crippen LogP contribution in [0.4, 0.5) is 11.4 Å². The highest BCUT2D eigenvalue weighted by Gasteiger charge is 2.26. The van der Waals surface area contributed by atoms with Gasteiger partial charge < -0.3 is 4.90 Å². The van der Waals surface area contributed by atoms with E-state index >= 15 is 0 Å². The number of nitrogens with zero attached hydrogens (tertiary/aromatic N) is 4. The molecule has 1 aromatic carbocycles. The van der Waals surface area contributed by atoms with Crippen LogP contribution in [0.1, 0.15) is 18.3 Å². The number of aryl methyl sites for hydroxylation is 1. The predicted octanol–water partition coefficient (Wildman–Crippen LogP) is 1.61. The molecule has 2 aromatic heterocycles. The van der Waals surface area contributed by atoms with Gasteiger partial charge in [-0.3, -0.25) is 9.52 Å². The Kier molecular flexibility index (Phi) is 3.69. The standard InChI is InChI=1S/C17H17N5O3S/c1-3-15-18-17-13(5-4-8-22(17)19-15)20-26(24,25)12-6-7-14-11(9-12)10-16(23)21(14)2/h4-9,20H,3,10H2,1-2H3. The fourth-order valence-corrected chi connectivity index (χ4v) is 4.11. The van der Waals surface area contributed by atoms with Crippen molar-refractivity contribution in [3.05, 3.63) is 47.9 Å². The maximum atomic E-state index is 12.8. The summed E-state index contributed by atoms with van der Waals surface area (Å²) in [6.07, 6.45) is 2.57. The number of hydrogen-bond acceptors (Lipinski definition) is 5. The van der Waals surface area contributed by atoms with E-state index in [1.165, 1.54) is 11.0 Å². The summed E-state index contributed by atoms with van der Waals surface area (Å²) in [6, 6.07) is 8.04. The molecule has 134 valence electrons. The topological polar surface area (TPSA) is 96.7 Å². The van der Waals surface area contributed by atoms with Gasteiger partial charge in [-0.05, 0) is 35.9 Å². The maximum Gasteiger partial charge on any atom is 0.262 e. The lowest BCUT2D eigenvalue weighted by molar-refractivity contribution is -0.117. The summed E-state index contributed by atoms with van der Waals surface area (Å²) in [5.41, 5.74) is 2.24. The summed E-state index contributed by atoms with van der Waals surface area (Å²) >= 11 is 0. The number of anilines is 2. The summed E-state index contributed by atoms with van der Waals surface area (Å²) in [7, 11) is -2.14. The number of pyridine rings is 1. The molecule has 1 aliphatic rings. The summed E-state index contributed by atoms with van der Waals surface area (Å²) in [4.78, 5) is 17.8. The molecule has 0 aliphatic carbocycles. The number of amides is 1. The second kappa shape index (κ2) is 5.80. The first kappa shape index (κ1) is 16.5. The van der Waals surface area contributed by atoms with Gasteiger partial charge >= 0.3 is 0 Å². The quantitative estimate of drug-likeness (QED) is 0.752. The van der Waals surface area contributed by atoms with E-state index in [9.17, 15) is 13.2 Å². The zero-order chi connectivity index (χ0) is 18.5. The lowest BCUT2D eigenvalue weighted by atomic mass is 10.2. The molecule has 8 nitrogen and oxygen atoms in total. The van der Waals surface area contributed by atoms with Crippen molar-refractivity contribution in [3.8, 4) is 0 Å². The van der Waals surface area contributed by atoms with E-state index in [0.29, 0.717) is 29.1 Å². The third kappa shape index (κ3) is 2.60. The molecule has 3 heterocycles. The Bertz CT molecular complexity index is 1140. The Balaban J connectivity index is 1.72. The van der Waals surface area contributed by atoms with Crippen molar-refractivity contribution < 1.29 is 13.2 Å². The van der Waals surface area contributed by atoms with Gasteiger partial charge in [-0.25, -0.2) is 17.9 Å². The average Bonchev–Trinajstić information content (AvgIpc) is 3.16. The van der Waals surface area contributed by atoms with Gasteiger partial charge in [0.1, 0.15) is 0 Å². The molecule has 0 atom stereocenters. The molecule has 0 bridgehead atoms. The lowest BCUT2D eigenvalue weighted by Gasteiger charge is -2.12. The predicted molar refractivity (Wildman–Crippen MR) is 96.7 cm³/mol. The first-order chi connectivity index (χ1) is 12.4. The summed E-state index contributed by atoms with van der Waals surface area (Å²) < 4.78 is 29.8. The van der Waals surface area contributed by atoms with Crippen LogP contribution < -0.4 is 9.62 Å². The second-order valence-corrected chi connectivity index (χ2v) is 7.78. The van der Waals surface area contributed by atoms with Crippen LogP contribution in [0.3, 0.4) is 0 Å². The van der Waals surface area contributed by atoms with Crippen LogP contribution in [0.5, 0.6) is 0 Å². The Morgan fingerprint density at radius 2 is 2.08 bits per heavy atom. The van der Waals surface area contributed by atoms with Gasteiger partial charge in [-0.1, -0.05) is 6.92 Å². The minimum Gasteiger partial charge on any atom is -0.315 e. The van der Waals surface area contributed by atoms with Gasteiger partial charge in [0.05, 0.1) is 17.0 Å². The number of carbonyl (C=O) groups is 1. The molecule has 0 radical (unpaired) electrons. The largest absolute Gasteiger partial charge is 0.315 e. The molecular weight excluding hydrogens is 354 g/mol. The summed E-state index contributed by atoms with van der Waals surface area (Å²) in [6.45, 7) is 1.93. The first-order valence-electron chi connectivity index (χ1n) is 8.15. The maximum absolute atomic E-state index is 12.8. The molecule has 0 fully saturated rings. The van der Waals surface area contributed by atoms with E-state index in [2.05, 4.69) is 14.8 Å². The van der Waals surface area contributed by atoms with Gasteiger partial charge in [0.25, 0.3) is 10.0 Å². The number of carbonyl (C=O) groups excluding carboxylic acids is 1. The molecule has 0 saturated heterocycles. The molecule has 0 saturated carbocycles. The molecule has 3 aromatic rings. The van der Waals surface area contributed by atoms with Crippen molar-refractivity contribution in [2.75, 3.05) is 16.7 Å². The third-order valence-electron chi connectivity index (χ3n) is 4.41. The Morgan fingerprint density at radius 3 is 2.85 bits per heavy atom. The average molecular weight is 371 g/mol. The van der Waals surface area contributed by atoms with Crippen molar-refractivity contribution in [1.29, 1.82) is 0 Å². The molecule has 0 spiro atoms. The van der Waals surface area contributed by atoms with Crippen LogP contribution in [0, 0.1) is 0 Å². The highest BCUT2D eigenvalue weighted by molar-refractivity contribution is 7.92. The summed E-state index contributed by atoms with van der Waals surface area (Å²) in [5.74, 6) is 0.582. The fourth-order valence-electron chi connectivity index (χ4n) is 3.00. The van der Waals surface area contributed by atoms with Crippen LogP contribution in [0.15, 0.2) is 41.4 Å². The molecular formula is C17H17N5O3S. The number of benzene rings is 1. The molecule has 1 amide bonds. The number of nitrogens with one attached hydrogen (secondary N) is 1. The highest BCUT2D eigenvalue weighted by Crippen LogP contribution is 2.30. The van der Waals surface area contributed by atoms with E-state index in [4.69, 9.17) is 0 Å². The van der Waals surface area contributed by atoms with Gasteiger partial charge in [0.2, 0.25) is 5.91 Å². The first-order valence-corrected chi connectivity index (χ1v) is 9.64. The molecule has 4 rings (SSSR count). The van der Waals surface area contributed by atoms with Crippen molar-refractivity contribution in [3.63, 3.8) is 0 Å². The van der Waals surface area contributed by atoms with Gasteiger partial charge in [-0.15, -0.1) is 0 Å². The van der Waals surface area contributed by atoms with Gasteiger partial charge in [0.15, 0.2) is 11.5 Å². The SMILES string of the molecule is CCc1nc2c(NS(=O)(=O)c3ccc4c(c3)CC(=O)N4C)cccn2n1. The van der Waals surface area contributed by atoms with Crippen LogP contribution in [0.2, 0.25) is 0 Å². The molecule has 26 heavy (non-hydrogen) atoms. The van der Waals surface area contributed by atoms with Crippen molar-refractivity contribution >= 4 is 33.0 Å². The Labute approximate surface area is 150 Å². The smallest absolute Gasteiger partial charge is 0.262 e. The van der Waals surface area contributed by atoms with Crippen LogP contribution in [-0.4, -0.2) is 36.0 Å². The minimum absolute atomic E-state index is 0.0529. The summed E-state index contributed by atoms with van der Waals surface area (Å²) in [5, 5.41) is 4.29. The van der Waals surface area contributed by atoms with Crippen molar-refractivity contribution in [1.82, 2.24) is 14.6 Å². The number of sulfonamides is 1. The zero-order valence-corrected chi connectivity index (χ0v) is 15.1. The van der Waals surface area contributed by atoms with E-state index in [1.807, 2.05) is 6.92 Å². The minimum atomic E-state index is -3.82. The molecule has 9 heteroatoms. The normalized spacial score (nSPS) is 14.1. The Morgan fingerprint density at radius 1 is 1.27 bits per heavy atom. The van der Waals surface area contributed by atoms with E-state index in [1.54, 1.807) is 42.0 Å². The lowest BCUT2D eigenvalue weighted by Crippen LogP contribution is -2.20. The molecule has 1 N–H and O–H groups in total. The second-order valence-electron chi connectivity index (χ2n) is 6.10.